The molecule has 118 valence electrons. The summed E-state index contributed by atoms with van der Waals surface area (Å²) in [5.74, 6) is 0.442. The average Bonchev–Trinajstić information content (AvgIpc) is 2.47. The summed E-state index contributed by atoms with van der Waals surface area (Å²) in [7, 11) is 1.48. The van der Waals surface area contributed by atoms with E-state index in [1.807, 2.05) is 0 Å². The van der Waals surface area contributed by atoms with E-state index in [4.69, 9.17) is 4.74 Å². The molecule has 0 bridgehead atoms. The number of alkyl halides is 3. The Morgan fingerprint density at radius 3 is 2.55 bits per heavy atom. The van der Waals surface area contributed by atoms with E-state index in [0.29, 0.717) is 18.0 Å². The summed E-state index contributed by atoms with van der Waals surface area (Å²) in [6.45, 7) is 2.16. The summed E-state index contributed by atoms with van der Waals surface area (Å²) in [4.78, 5) is 7.48. The molecular weight excluding hydrogens is 297 g/mol. The van der Waals surface area contributed by atoms with Crippen molar-refractivity contribution in [1.29, 1.82) is 0 Å². The molecule has 0 saturated heterocycles. The van der Waals surface area contributed by atoms with Gasteiger partial charge in [-0.05, 0) is 19.1 Å². The second kappa shape index (κ2) is 6.50. The first-order valence-electron chi connectivity index (χ1n) is 6.54. The van der Waals surface area contributed by atoms with Gasteiger partial charge in [-0.2, -0.15) is 18.2 Å². The van der Waals surface area contributed by atoms with Crippen LogP contribution in [0.5, 0.6) is 5.75 Å². The maximum Gasteiger partial charge on any atom is 0.433 e. The van der Waals surface area contributed by atoms with Gasteiger partial charge in [0.15, 0.2) is 5.69 Å². The topological polar surface area (TPSA) is 59.1 Å². The Bertz CT molecular complexity index is 646. The summed E-state index contributed by atoms with van der Waals surface area (Å²) in [6.07, 6.45) is -4.55. The van der Waals surface area contributed by atoms with Crippen LogP contribution in [0.2, 0.25) is 0 Å². The molecule has 22 heavy (non-hydrogen) atoms. The van der Waals surface area contributed by atoms with Crippen molar-refractivity contribution in [3.05, 3.63) is 36.0 Å². The molecule has 8 heteroatoms. The van der Waals surface area contributed by atoms with Crippen molar-refractivity contribution in [2.45, 2.75) is 13.1 Å². The third-order valence-electron chi connectivity index (χ3n) is 2.72. The van der Waals surface area contributed by atoms with Crippen molar-refractivity contribution in [2.75, 3.05) is 24.3 Å². The molecule has 0 aliphatic carbocycles. The number of halogens is 3. The molecule has 0 unspecified atom stereocenters. The Hall–Kier alpha value is -2.51. The predicted octanol–water partition coefficient (Wildman–Crippen LogP) is 3.68. The smallest absolute Gasteiger partial charge is 0.433 e. The first-order valence-corrected chi connectivity index (χ1v) is 6.54. The van der Waals surface area contributed by atoms with Crippen LogP contribution in [0.1, 0.15) is 12.6 Å². The maximum absolute atomic E-state index is 12.9. The van der Waals surface area contributed by atoms with Gasteiger partial charge in [-0.3, -0.25) is 0 Å². The van der Waals surface area contributed by atoms with E-state index >= 15 is 0 Å². The van der Waals surface area contributed by atoms with Crippen LogP contribution in [-0.2, 0) is 6.18 Å². The molecule has 2 N–H and O–H groups in total. The van der Waals surface area contributed by atoms with Crippen LogP contribution in [-0.4, -0.2) is 23.6 Å². The van der Waals surface area contributed by atoms with Gasteiger partial charge in [-0.15, -0.1) is 0 Å². The van der Waals surface area contributed by atoms with E-state index in [2.05, 4.69) is 20.6 Å². The predicted molar refractivity (Wildman–Crippen MR) is 77.5 cm³/mol. The van der Waals surface area contributed by atoms with Gasteiger partial charge in [-0.25, -0.2) is 4.98 Å². The molecule has 0 atom stereocenters. The van der Waals surface area contributed by atoms with Crippen LogP contribution in [0.25, 0.3) is 0 Å². The lowest BCUT2D eigenvalue weighted by molar-refractivity contribution is -0.141. The third kappa shape index (κ3) is 3.78. The molecule has 0 aliphatic heterocycles. The Morgan fingerprint density at radius 2 is 1.91 bits per heavy atom. The van der Waals surface area contributed by atoms with Crippen LogP contribution in [0.4, 0.5) is 30.6 Å². The fourth-order valence-electron chi connectivity index (χ4n) is 1.78. The van der Waals surface area contributed by atoms with Gasteiger partial charge in [0.2, 0.25) is 5.95 Å². The summed E-state index contributed by atoms with van der Waals surface area (Å²) in [6, 6.07) is 7.73. The standard InChI is InChI=1S/C14H15F3N4O/c1-3-18-13-20-11(14(15,16)17)8-12(21-13)19-9-6-4-5-7-10(9)22-2/h4-8H,3H2,1-2H3,(H2,18,19,20,21). The summed E-state index contributed by atoms with van der Waals surface area (Å²) < 4.78 is 43.9. The van der Waals surface area contributed by atoms with E-state index in [1.165, 1.54) is 7.11 Å². The fourth-order valence-corrected chi connectivity index (χ4v) is 1.78. The number of methoxy groups -OCH3 is 1. The van der Waals surface area contributed by atoms with Crippen molar-refractivity contribution in [1.82, 2.24) is 9.97 Å². The minimum absolute atomic E-state index is 0.0303. The number of para-hydroxylation sites is 2. The maximum atomic E-state index is 12.9. The second-order valence-electron chi connectivity index (χ2n) is 4.32. The summed E-state index contributed by atoms with van der Waals surface area (Å²) in [5.41, 5.74) is -0.505. The molecule has 1 aromatic carbocycles. The zero-order chi connectivity index (χ0) is 16.2. The largest absolute Gasteiger partial charge is 0.495 e. The number of nitrogens with one attached hydrogen (secondary N) is 2. The van der Waals surface area contributed by atoms with Crippen LogP contribution in [0.3, 0.4) is 0 Å². The Balaban J connectivity index is 2.39. The van der Waals surface area contributed by atoms with Crippen molar-refractivity contribution < 1.29 is 17.9 Å². The highest BCUT2D eigenvalue weighted by Gasteiger charge is 2.33. The van der Waals surface area contributed by atoms with Gasteiger partial charge in [-0.1, -0.05) is 12.1 Å². The highest BCUT2D eigenvalue weighted by Crippen LogP contribution is 2.32. The lowest BCUT2D eigenvalue weighted by Crippen LogP contribution is -2.13. The summed E-state index contributed by atoms with van der Waals surface area (Å²) >= 11 is 0. The number of hydrogen-bond acceptors (Lipinski definition) is 5. The number of ether oxygens (including phenoxy) is 1. The molecule has 1 aromatic heterocycles. The van der Waals surface area contributed by atoms with Gasteiger partial charge in [0, 0.05) is 12.6 Å². The molecule has 2 rings (SSSR count). The minimum atomic E-state index is -4.55. The molecule has 0 saturated carbocycles. The van der Waals surface area contributed by atoms with Gasteiger partial charge in [0.1, 0.15) is 11.6 Å². The summed E-state index contributed by atoms with van der Waals surface area (Å²) in [5, 5.41) is 5.50. The third-order valence-corrected chi connectivity index (χ3v) is 2.72. The van der Waals surface area contributed by atoms with Crippen LogP contribution in [0, 0.1) is 0 Å². The number of anilines is 3. The molecule has 2 aromatic rings. The van der Waals surface area contributed by atoms with Gasteiger partial charge in [0.25, 0.3) is 0 Å². The quantitative estimate of drug-likeness (QED) is 0.882. The zero-order valence-corrected chi connectivity index (χ0v) is 12.0. The van der Waals surface area contributed by atoms with E-state index in [-0.39, 0.29) is 11.8 Å². The van der Waals surface area contributed by atoms with Crippen molar-refractivity contribution in [3.8, 4) is 5.75 Å². The highest BCUT2D eigenvalue weighted by molar-refractivity contribution is 5.64. The van der Waals surface area contributed by atoms with Gasteiger partial charge < -0.3 is 15.4 Å². The number of nitrogens with zero attached hydrogens (tertiary/aromatic N) is 2. The van der Waals surface area contributed by atoms with Crippen LogP contribution >= 0.6 is 0 Å². The average molecular weight is 312 g/mol. The SMILES string of the molecule is CCNc1nc(Nc2ccccc2OC)cc(C(F)(F)F)n1. The number of rotatable bonds is 5. The van der Waals surface area contributed by atoms with Crippen molar-refractivity contribution in [3.63, 3.8) is 0 Å². The highest BCUT2D eigenvalue weighted by atomic mass is 19.4. The normalized spacial score (nSPS) is 11.1. The molecule has 5 nitrogen and oxygen atoms in total. The molecular formula is C14H15F3N4O. The number of benzene rings is 1. The Morgan fingerprint density at radius 1 is 1.18 bits per heavy atom. The van der Waals surface area contributed by atoms with E-state index in [0.717, 1.165) is 6.07 Å². The van der Waals surface area contributed by atoms with E-state index in [1.54, 1.807) is 31.2 Å². The molecule has 0 aliphatic rings. The second-order valence-corrected chi connectivity index (χ2v) is 4.32. The van der Waals surface area contributed by atoms with Gasteiger partial charge >= 0.3 is 6.18 Å². The molecule has 0 radical (unpaired) electrons. The Kier molecular flexibility index (Phi) is 4.69. The van der Waals surface area contributed by atoms with Crippen molar-refractivity contribution in [2.24, 2.45) is 0 Å². The minimum Gasteiger partial charge on any atom is -0.495 e. The molecule has 0 fully saturated rings. The Labute approximate surface area is 125 Å². The first kappa shape index (κ1) is 15.9. The van der Waals surface area contributed by atoms with Gasteiger partial charge in [0.05, 0.1) is 12.8 Å². The molecule has 0 spiro atoms. The van der Waals surface area contributed by atoms with E-state index < -0.39 is 11.9 Å². The van der Waals surface area contributed by atoms with Crippen LogP contribution in [0.15, 0.2) is 30.3 Å². The van der Waals surface area contributed by atoms with Crippen molar-refractivity contribution >= 4 is 17.5 Å². The zero-order valence-electron chi connectivity index (χ0n) is 12.0. The lowest BCUT2D eigenvalue weighted by atomic mass is 10.3. The molecule has 1 heterocycles. The number of hydrogen-bond donors (Lipinski definition) is 2. The van der Waals surface area contributed by atoms with Crippen LogP contribution < -0.4 is 15.4 Å². The van der Waals surface area contributed by atoms with E-state index in [9.17, 15) is 13.2 Å². The fraction of sp³-hybridized carbons (Fsp3) is 0.286. The lowest BCUT2D eigenvalue weighted by Gasteiger charge is -2.13. The first-order chi connectivity index (χ1) is 10.4. The molecule has 0 amide bonds. The monoisotopic (exact) mass is 312 g/mol. The number of aromatic nitrogens is 2.